The van der Waals surface area contributed by atoms with Crippen molar-refractivity contribution in [2.75, 3.05) is 21.7 Å². The summed E-state index contributed by atoms with van der Waals surface area (Å²) in [4.78, 5) is 7.50. The molecular formula is C66H55BN4. The van der Waals surface area contributed by atoms with Gasteiger partial charge in [0.15, 0.2) is 0 Å². The first-order valence-electron chi connectivity index (χ1n) is 25.3. The maximum absolute atomic E-state index is 4.80. The van der Waals surface area contributed by atoms with Crippen LogP contribution in [-0.2, 0) is 10.8 Å². The fraction of sp³-hybridized carbons (Fsp3) is 0.152. The predicted molar refractivity (Wildman–Crippen MR) is 304 cm³/mol. The monoisotopic (exact) mass is 914 g/mol. The van der Waals surface area contributed by atoms with Crippen LogP contribution in [0.15, 0.2) is 195 Å². The van der Waals surface area contributed by atoms with Crippen molar-refractivity contribution in [1.82, 2.24) is 4.57 Å². The minimum Gasteiger partial charge on any atom is -0.376 e. The fourth-order valence-electron chi connectivity index (χ4n) is 13.1. The van der Waals surface area contributed by atoms with E-state index in [1.165, 1.54) is 100 Å². The highest BCUT2D eigenvalue weighted by atomic mass is 15.2. The molecule has 3 aliphatic heterocycles. The van der Waals surface area contributed by atoms with Crippen molar-refractivity contribution in [3.8, 4) is 16.8 Å². The van der Waals surface area contributed by atoms with E-state index in [9.17, 15) is 0 Å². The van der Waals surface area contributed by atoms with Gasteiger partial charge in [0.2, 0.25) is 0 Å². The quantitative estimate of drug-likeness (QED) is 0.160. The summed E-state index contributed by atoms with van der Waals surface area (Å²) in [5.41, 5.74) is 24.7. The summed E-state index contributed by atoms with van der Waals surface area (Å²) < 4.78 is 2.64. The molecule has 1 aromatic heterocycles. The molecule has 71 heavy (non-hydrogen) atoms. The number of para-hydroxylation sites is 2. The molecule has 1 aliphatic carbocycles. The summed E-state index contributed by atoms with van der Waals surface area (Å²) in [6, 6.07) is 68.3. The molecule has 342 valence electrons. The highest BCUT2D eigenvalue weighted by molar-refractivity contribution is 6.93. The normalized spacial score (nSPS) is 15.9. The fourth-order valence-corrected chi connectivity index (χ4v) is 13.1. The first-order valence-corrected chi connectivity index (χ1v) is 25.3. The molecule has 14 rings (SSSR count). The van der Waals surface area contributed by atoms with Crippen LogP contribution in [0, 0.1) is 6.92 Å². The van der Waals surface area contributed by atoms with Crippen molar-refractivity contribution in [3.63, 3.8) is 0 Å². The van der Waals surface area contributed by atoms with Crippen LogP contribution in [0.4, 0.5) is 34.1 Å². The Balaban J connectivity index is 1.12. The second-order valence-corrected chi connectivity index (χ2v) is 21.8. The molecule has 4 nitrogen and oxygen atoms in total. The molecule has 10 aromatic rings. The lowest BCUT2D eigenvalue weighted by Gasteiger charge is -2.45. The number of hydrogen-bond donors (Lipinski definition) is 0. The highest BCUT2D eigenvalue weighted by Gasteiger charge is 2.46. The summed E-state index contributed by atoms with van der Waals surface area (Å²) in [5.74, 6) is 0. The van der Waals surface area contributed by atoms with Gasteiger partial charge in [-0.15, -0.1) is 0 Å². The number of allylic oxidation sites excluding steroid dienone is 2. The maximum Gasteiger partial charge on any atom is 0.333 e. The summed E-state index contributed by atoms with van der Waals surface area (Å²) in [6.07, 6.45) is 4.60. The van der Waals surface area contributed by atoms with Gasteiger partial charge >= 0.3 is 6.85 Å². The highest BCUT2D eigenvalue weighted by Crippen LogP contribution is 2.53. The summed E-state index contributed by atoms with van der Waals surface area (Å²) >= 11 is 0. The molecule has 0 amide bonds. The zero-order valence-corrected chi connectivity index (χ0v) is 41.4. The van der Waals surface area contributed by atoms with Crippen molar-refractivity contribution in [3.05, 3.63) is 222 Å². The molecule has 0 N–H and O–H groups in total. The molecule has 0 atom stereocenters. The average molecular weight is 915 g/mol. The van der Waals surface area contributed by atoms with Crippen LogP contribution in [0.2, 0.25) is 0 Å². The van der Waals surface area contributed by atoms with Gasteiger partial charge in [0.1, 0.15) is 0 Å². The van der Waals surface area contributed by atoms with Crippen LogP contribution in [-0.4, -0.2) is 18.5 Å². The second-order valence-electron chi connectivity index (χ2n) is 21.8. The van der Waals surface area contributed by atoms with Gasteiger partial charge in [0.05, 0.1) is 16.7 Å². The maximum atomic E-state index is 4.80. The average Bonchev–Trinajstić information content (AvgIpc) is 3.76. The van der Waals surface area contributed by atoms with Crippen molar-refractivity contribution >= 4 is 95.7 Å². The smallest absolute Gasteiger partial charge is 0.333 e. The first kappa shape index (κ1) is 41.9. The van der Waals surface area contributed by atoms with Crippen LogP contribution >= 0.6 is 0 Å². The molecule has 0 saturated carbocycles. The third-order valence-electron chi connectivity index (χ3n) is 16.8. The van der Waals surface area contributed by atoms with Gasteiger partial charge in [-0.3, -0.25) is 0 Å². The van der Waals surface area contributed by atoms with Crippen LogP contribution in [0.3, 0.4) is 0 Å². The van der Waals surface area contributed by atoms with E-state index < -0.39 is 0 Å². The molecule has 0 spiro atoms. The predicted octanol–water partition coefficient (Wildman–Crippen LogP) is 15.8. The SMILES string of the molecule is C=C1C=C(c2ccccc2)N(C)c2cc3c(cc21)B1c2c(cc(C)c4c5c6ccccc6ccc5n-3c24)-c2cc(N(c3ccccc3)c3ccccc3)ccc2N1c1ccc2c(c1)C(C)(C)CCC2(C)C. The van der Waals surface area contributed by atoms with E-state index in [0.717, 1.165) is 46.0 Å². The van der Waals surface area contributed by atoms with Crippen molar-refractivity contribution < 1.29 is 0 Å². The van der Waals surface area contributed by atoms with E-state index in [4.69, 9.17) is 6.58 Å². The van der Waals surface area contributed by atoms with E-state index in [0.29, 0.717) is 0 Å². The standard InChI is InChI=1S/C66H55BN4/c1-41-36-58(44-20-11-8-12-21-44)68(7)59-40-60-55(39-50(41)59)67-63-52(35-42(2)61-62-49-26-18-17-19-43(49)27-31-57(62)70(60)64(61)63)51-37-47(69(45-22-13-9-14-23-45)46-24-15-10-16-25-46)29-32-56(51)71(67)48-28-30-53-54(38-48)66(5,6)34-33-65(53,3)4/h8-32,35-40H,1,33-34H2,2-7H3. The minimum atomic E-state index is -0.149. The molecule has 4 heterocycles. The Hall–Kier alpha value is -8.02. The molecular weight excluding hydrogens is 860 g/mol. The Kier molecular flexibility index (Phi) is 8.85. The topological polar surface area (TPSA) is 14.7 Å². The molecule has 0 saturated heterocycles. The zero-order chi connectivity index (χ0) is 48.1. The van der Waals surface area contributed by atoms with E-state index in [1.807, 2.05) is 0 Å². The van der Waals surface area contributed by atoms with Gasteiger partial charge in [0, 0.05) is 68.8 Å². The Bertz CT molecular complexity index is 3900. The van der Waals surface area contributed by atoms with Gasteiger partial charge in [-0.25, -0.2) is 0 Å². The zero-order valence-electron chi connectivity index (χ0n) is 41.4. The Morgan fingerprint density at radius 3 is 1.97 bits per heavy atom. The number of fused-ring (bicyclic) bond motifs is 12. The Morgan fingerprint density at radius 1 is 0.563 bits per heavy atom. The largest absolute Gasteiger partial charge is 0.376 e. The van der Waals surface area contributed by atoms with Crippen LogP contribution in [0.5, 0.6) is 0 Å². The van der Waals surface area contributed by atoms with Crippen LogP contribution in [0.1, 0.15) is 68.4 Å². The van der Waals surface area contributed by atoms with E-state index >= 15 is 0 Å². The van der Waals surface area contributed by atoms with Gasteiger partial charge < -0.3 is 19.2 Å². The van der Waals surface area contributed by atoms with Crippen LogP contribution in [0.25, 0.3) is 60.7 Å². The first-order chi connectivity index (χ1) is 34.5. The van der Waals surface area contributed by atoms with E-state index in [1.54, 1.807) is 0 Å². The van der Waals surface area contributed by atoms with Gasteiger partial charge in [-0.2, -0.15) is 0 Å². The lowest BCUT2D eigenvalue weighted by Crippen LogP contribution is -2.60. The third-order valence-corrected chi connectivity index (χ3v) is 16.8. The number of aryl methyl sites for hydroxylation is 1. The summed E-state index contributed by atoms with van der Waals surface area (Å²) in [7, 11) is 2.22. The Morgan fingerprint density at radius 2 is 1.24 bits per heavy atom. The third kappa shape index (κ3) is 5.99. The molecule has 0 unspecified atom stereocenters. The van der Waals surface area contributed by atoms with E-state index in [-0.39, 0.29) is 17.7 Å². The summed E-state index contributed by atoms with van der Waals surface area (Å²) in [6.45, 7) is 16.8. The van der Waals surface area contributed by atoms with Gasteiger partial charge in [0.25, 0.3) is 0 Å². The van der Waals surface area contributed by atoms with Gasteiger partial charge in [-0.05, 0) is 158 Å². The van der Waals surface area contributed by atoms with Crippen molar-refractivity contribution in [1.29, 1.82) is 0 Å². The van der Waals surface area contributed by atoms with Crippen molar-refractivity contribution in [2.45, 2.75) is 58.3 Å². The lowest BCUT2D eigenvalue weighted by atomic mass is 9.43. The van der Waals surface area contributed by atoms with Crippen molar-refractivity contribution in [2.24, 2.45) is 0 Å². The summed E-state index contributed by atoms with van der Waals surface area (Å²) in [5, 5.41) is 5.18. The number of hydrogen-bond acceptors (Lipinski definition) is 3. The minimum absolute atomic E-state index is 0.0274. The molecule has 4 aliphatic rings. The number of rotatable bonds is 5. The lowest BCUT2D eigenvalue weighted by molar-refractivity contribution is 0.332. The molecule has 0 fully saturated rings. The molecule has 0 bridgehead atoms. The molecule has 0 radical (unpaired) electrons. The molecule has 5 heteroatoms. The number of benzene rings is 9. The van der Waals surface area contributed by atoms with Gasteiger partial charge in [-0.1, -0.05) is 150 Å². The van der Waals surface area contributed by atoms with Crippen LogP contribution < -0.4 is 25.5 Å². The number of anilines is 6. The Labute approximate surface area is 417 Å². The second kappa shape index (κ2) is 15.0. The van der Waals surface area contributed by atoms with E-state index in [2.05, 4.69) is 249 Å². The molecule has 9 aromatic carbocycles. The number of nitrogens with zero attached hydrogens (tertiary/aromatic N) is 4. The number of aromatic nitrogens is 1.